The van der Waals surface area contributed by atoms with E-state index >= 15 is 0 Å². The summed E-state index contributed by atoms with van der Waals surface area (Å²) in [6, 6.07) is 0.126. The zero-order valence-electron chi connectivity index (χ0n) is 13.0. The molecule has 1 fully saturated rings. The van der Waals surface area contributed by atoms with Gasteiger partial charge in [0, 0.05) is 25.9 Å². The van der Waals surface area contributed by atoms with Crippen molar-refractivity contribution in [2.24, 2.45) is 12.8 Å². The molecule has 0 saturated heterocycles. The number of ether oxygens (including phenoxy) is 1. The highest BCUT2D eigenvalue weighted by atomic mass is 16.5. The molecular formula is C16H29N3O. The maximum atomic E-state index is 6.54. The number of nitrogens with two attached hydrogens (primary N) is 1. The van der Waals surface area contributed by atoms with Crippen molar-refractivity contribution in [1.82, 2.24) is 9.78 Å². The molecule has 0 aromatic carbocycles. The Bertz CT molecular complexity index is 394. The lowest BCUT2D eigenvalue weighted by molar-refractivity contribution is -0.0699. The smallest absolute Gasteiger partial charge is 0.0832 e. The fourth-order valence-electron chi connectivity index (χ4n) is 3.42. The first kappa shape index (κ1) is 15.5. The molecule has 1 aromatic rings. The summed E-state index contributed by atoms with van der Waals surface area (Å²) in [6.45, 7) is 2.85. The van der Waals surface area contributed by atoms with E-state index in [1.807, 2.05) is 17.9 Å². The summed E-state index contributed by atoms with van der Waals surface area (Å²) in [6.07, 6.45) is 13.4. The van der Waals surface area contributed by atoms with E-state index in [-0.39, 0.29) is 11.6 Å². The Kier molecular flexibility index (Phi) is 5.61. The van der Waals surface area contributed by atoms with Crippen LogP contribution in [-0.4, -0.2) is 28.0 Å². The van der Waals surface area contributed by atoms with Crippen molar-refractivity contribution >= 4 is 0 Å². The molecule has 2 N–H and O–H groups in total. The molecule has 0 spiro atoms. The summed E-state index contributed by atoms with van der Waals surface area (Å²) in [5.74, 6) is 0. The van der Waals surface area contributed by atoms with E-state index in [0.717, 1.165) is 32.3 Å². The monoisotopic (exact) mass is 279 g/mol. The molecule has 0 amide bonds. The maximum absolute atomic E-state index is 6.54. The van der Waals surface area contributed by atoms with Gasteiger partial charge in [-0.1, -0.05) is 25.7 Å². The third-order valence-corrected chi connectivity index (χ3v) is 4.56. The fraction of sp³-hybridized carbons (Fsp3) is 0.812. The Morgan fingerprint density at radius 1 is 1.35 bits per heavy atom. The van der Waals surface area contributed by atoms with Crippen molar-refractivity contribution in [3.63, 3.8) is 0 Å². The summed E-state index contributed by atoms with van der Waals surface area (Å²) < 4.78 is 8.01. The SMILES string of the molecule is CCOC1(C(N)CCc2cnn(C)c2)CCCCCC1. The van der Waals surface area contributed by atoms with Gasteiger partial charge in [-0.15, -0.1) is 0 Å². The van der Waals surface area contributed by atoms with Gasteiger partial charge in [0.05, 0.1) is 11.8 Å². The molecular weight excluding hydrogens is 250 g/mol. The molecule has 0 bridgehead atoms. The highest BCUT2D eigenvalue weighted by Gasteiger charge is 2.37. The number of hydrogen-bond donors (Lipinski definition) is 1. The van der Waals surface area contributed by atoms with E-state index in [9.17, 15) is 0 Å². The second-order valence-corrected chi connectivity index (χ2v) is 6.08. The van der Waals surface area contributed by atoms with Crippen molar-refractivity contribution in [1.29, 1.82) is 0 Å². The maximum Gasteiger partial charge on any atom is 0.0832 e. The molecule has 4 heteroatoms. The molecule has 1 aliphatic rings. The van der Waals surface area contributed by atoms with E-state index in [1.54, 1.807) is 0 Å². The highest BCUT2D eigenvalue weighted by Crippen LogP contribution is 2.34. The predicted octanol–water partition coefficient (Wildman–Crippen LogP) is 2.81. The van der Waals surface area contributed by atoms with Crippen LogP contribution >= 0.6 is 0 Å². The number of hydrogen-bond acceptors (Lipinski definition) is 3. The van der Waals surface area contributed by atoms with Crippen LogP contribution in [0.25, 0.3) is 0 Å². The quantitative estimate of drug-likeness (QED) is 0.815. The molecule has 1 aromatic heterocycles. The van der Waals surface area contributed by atoms with E-state index in [1.165, 1.54) is 31.2 Å². The molecule has 0 radical (unpaired) electrons. The van der Waals surface area contributed by atoms with Crippen molar-refractivity contribution in [3.05, 3.63) is 18.0 Å². The Hall–Kier alpha value is -0.870. The summed E-state index contributed by atoms with van der Waals surface area (Å²) >= 11 is 0. The number of aryl methyl sites for hydroxylation is 2. The Morgan fingerprint density at radius 2 is 2.05 bits per heavy atom. The van der Waals surface area contributed by atoms with Gasteiger partial charge in [0.2, 0.25) is 0 Å². The van der Waals surface area contributed by atoms with E-state index < -0.39 is 0 Å². The minimum atomic E-state index is -0.0898. The third-order valence-electron chi connectivity index (χ3n) is 4.56. The van der Waals surface area contributed by atoms with Crippen LogP contribution < -0.4 is 5.73 Å². The molecule has 1 heterocycles. The normalized spacial score (nSPS) is 20.6. The van der Waals surface area contributed by atoms with Crippen LogP contribution in [0.3, 0.4) is 0 Å². The van der Waals surface area contributed by atoms with Gasteiger partial charge in [-0.3, -0.25) is 4.68 Å². The van der Waals surface area contributed by atoms with Gasteiger partial charge in [-0.2, -0.15) is 5.10 Å². The van der Waals surface area contributed by atoms with Gasteiger partial charge in [0.15, 0.2) is 0 Å². The summed E-state index contributed by atoms with van der Waals surface area (Å²) in [5, 5.41) is 4.22. The van der Waals surface area contributed by atoms with Crippen LogP contribution in [0.4, 0.5) is 0 Å². The van der Waals surface area contributed by atoms with E-state index in [4.69, 9.17) is 10.5 Å². The summed E-state index contributed by atoms with van der Waals surface area (Å²) in [7, 11) is 1.95. The van der Waals surface area contributed by atoms with Crippen LogP contribution in [0, 0.1) is 0 Å². The van der Waals surface area contributed by atoms with Crippen molar-refractivity contribution in [2.45, 2.75) is 69.9 Å². The number of rotatable bonds is 6. The molecule has 2 rings (SSSR count). The first-order valence-corrected chi connectivity index (χ1v) is 8.03. The number of aromatic nitrogens is 2. The Morgan fingerprint density at radius 3 is 2.60 bits per heavy atom. The van der Waals surface area contributed by atoms with Gasteiger partial charge in [-0.25, -0.2) is 0 Å². The molecule has 0 aliphatic heterocycles. The molecule has 114 valence electrons. The highest BCUT2D eigenvalue weighted by molar-refractivity contribution is 5.05. The molecule has 1 saturated carbocycles. The number of nitrogens with zero attached hydrogens (tertiary/aromatic N) is 2. The van der Waals surface area contributed by atoms with Crippen molar-refractivity contribution in [2.75, 3.05) is 6.61 Å². The lowest BCUT2D eigenvalue weighted by Crippen LogP contribution is -2.50. The topological polar surface area (TPSA) is 53.1 Å². The standard InChI is InChI=1S/C16H29N3O/c1-3-20-16(10-6-4-5-7-11-16)15(17)9-8-14-12-18-19(2)13-14/h12-13,15H,3-11,17H2,1-2H3. The summed E-state index contributed by atoms with van der Waals surface area (Å²) in [5.41, 5.74) is 7.72. The fourth-order valence-corrected chi connectivity index (χ4v) is 3.42. The second kappa shape index (κ2) is 7.23. The van der Waals surface area contributed by atoms with Gasteiger partial charge >= 0.3 is 0 Å². The lowest BCUT2D eigenvalue weighted by Gasteiger charge is -2.38. The largest absolute Gasteiger partial charge is 0.374 e. The van der Waals surface area contributed by atoms with Crippen molar-refractivity contribution < 1.29 is 4.74 Å². The zero-order chi connectivity index (χ0) is 14.4. The molecule has 1 aliphatic carbocycles. The van der Waals surface area contributed by atoms with E-state index in [2.05, 4.69) is 18.2 Å². The third kappa shape index (κ3) is 3.83. The van der Waals surface area contributed by atoms with Crippen molar-refractivity contribution in [3.8, 4) is 0 Å². The Balaban J connectivity index is 1.96. The van der Waals surface area contributed by atoms with Gasteiger partial charge in [0.25, 0.3) is 0 Å². The van der Waals surface area contributed by atoms with Crippen LogP contribution in [0.1, 0.15) is 57.4 Å². The zero-order valence-corrected chi connectivity index (χ0v) is 13.0. The van der Waals surface area contributed by atoms with Gasteiger partial charge < -0.3 is 10.5 Å². The minimum absolute atomic E-state index is 0.0898. The molecule has 20 heavy (non-hydrogen) atoms. The second-order valence-electron chi connectivity index (χ2n) is 6.08. The average Bonchev–Trinajstić information content (AvgIpc) is 2.71. The first-order chi connectivity index (χ1) is 9.66. The summed E-state index contributed by atoms with van der Waals surface area (Å²) in [4.78, 5) is 0. The first-order valence-electron chi connectivity index (χ1n) is 8.03. The Labute approximate surface area is 122 Å². The minimum Gasteiger partial charge on any atom is -0.374 e. The molecule has 1 atom stereocenters. The average molecular weight is 279 g/mol. The molecule has 1 unspecified atom stereocenters. The lowest BCUT2D eigenvalue weighted by atomic mass is 9.83. The van der Waals surface area contributed by atoms with Gasteiger partial charge in [-0.05, 0) is 38.2 Å². The van der Waals surface area contributed by atoms with Crippen LogP contribution in [0.5, 0.6) is 0 Å². The van der Waals surface area contributed by atoms with Crippen LogP contribution in [0.15, 0.2) is 12.4 Å². The van der Waals surface area contributed by atoms with Crippen LogP contribution in [0.2, 0.25) is 0 Å². The molecule has 4 nitrogen and oxygen atoms in total. The van der Waals surface area contributed by atoms with E-state index in [0.29, 0.717) is 0 Å². The predicted molar refractivity (Wildman–Crippen MR) is 81.6 cm³/mol. The van der Waals surface area contributed by atoms with Crippen LogP contribution in [-0.2, 0) is 18.2 Å². The van der Waals surface area contributed by atoms with Gasteiger partial charge in [0.1, 0.15) is 0 Å².